The minimum Gasteiger partial charge on any atom is -0.328 e. The van der Waals surface area contributed by atoms with E-state index in [-0.39, 0.29) is 6.54 Å². The molecule has 13 heavy (non-hydrogen) atoms. The number of alkyl halides is 1. The Morgan fingerprint density at radius 1 is 1.62 bits per heavy atom. The van der Waals surface area contributed by atoms with E-state index in [1.165, 1.54) is 0 Å². The molecule has 1 atom stereocenters. The summed E-state index contributed by atoms with van der Waals surface area (Å²) in [5, 5.41) is 3.96. The van der Waals surface area contributed by atoms with E-state index in [9.17, 15) is 4.39 Å². The van der Waals surface area contributed by atoms with Gasteiger partial charge in [0.05, 0.1) is 0 Å². The van der Waals surface area contributed by atoms with E-state index >= 15 is 0 Å². The van der Waals surface area contributed by atoms with Crippen molar-refractivity contribution >= 4 is 11.3 Å². The molecule has 0 aliphatic rings. The van der Waals surface area contributed by atoms with Crippen LogP contribution in [0.5, 0.6) is 0 Å². The van der Waals surface area contributed by atoms with E-state index in [0.29, 0.717) is 12.8 Å². The van der Waals surface area contributed by atoms with E-state index in [1.54, 1.807) is 11.3 Å². The van der Waals surface area contributed by atoms with Gasteiger partial charge in [-0.2, -0.15) is 11.3 Å². The minimum atomic E-state index is -1.20. The molecule has 1 nitrogen and oxygen atoms in total. The summed E-state index contributed by atoms with van der Waals surface area (Å²) >= 11 is 1.60. The highest BCUT2D eigenvalue weighted by Gasteiger charge is 2.27. The molecule has 0 fully saturated rings. The molecular formula is C10H16FNS. The Balaban J connectivity index is 2.58. The summed E-state index contributed by atoms with van der Waals surface area (Å²) in [6.45, 7) is 2.11. The average molecular weight is 201 g/mol. The maximum absolute atomic E-state index is 14.0. The predicted molar refractivity (Wildman–Crippen MR) is 55.8 cm³/mol. The quantitative estimate of drug-likeness (QED) is 0.779. The maximum atomic E-state index is 14.0. The fourth-order valence-electron chi connectivity index (χ4n) is 1.47. The highest BCUT2D eigenvalue weighted by Crippen LogP contribution is 2.23. The van der Waals surface area contributed by atoms with Crippen molar-refractivity contribution in [2.75, 3.05) is 6.54 Å². The van der Waals surface area contributed by atoms with Crippen LogP contribution in [0.3, 0.4) is 0 Å². The highest BCUT2D eigenvalue weighted by atomic mass is 32.1. The van der Waals surface area contributed by atoms with Crippen LogP contribution in [-0.2, 0) is 6.42 Å². The molecular weight excluding hydrogens is 185 g/mol. The molecule has 1 aromatic rings. The molecule has 0 amide bonds. The van der Waals surface area contributed by atoms with Crippen LogP contribution in [0.1, 0.15) is 25.3 Å². The highest BCUT2D eigenvalue weighted by molar-refractivity contribution is 7.07. The minimum absolute atomic E-state index is 0.122. The lowest BCUT2D eigenvalue weighted by Crippen LogP contribution is -2.35. The molecule has 2 N–H and O–H groups in total. The number of halogens is 1. The van der Waals surface area contributed by atoms with Gasteiger partial charge in [-0.05, 0) is 28.8 Å². The lowest BCUT2D eigenvalue weighted by atomic mass is 9.93. The molecule has 0 spiro atoms. The molecule has 74 valence electrons. The first-order chi connectivity index (χ1) is 6.20. The van der Waals surface area contributed by atoms with E-state index in [0.717, 1.165) is 12.0 Å². The summed E-state index contributed by atoms with van der Waals surface area (Å²) in [6, 6.07) is 1.96. The second-order valence-corrected chi connectivity index (χ2v) is 4.19. The molecule has 3 heteroatoms. The number of hydrogen-bond donors (Lipinski definition) is 1. The molecule has 1 rings (SSSR count). The molecule has 1 aromatic heterocycles. The van der Waals surface area contributed by atoms with Crippen LogP contribution in [0, 0.1) is 0 Å². The van der Waals surface area contributed by atoms with Gasteiger partial charge in [0.25, 0.3) is 0 Å². The fourth-order valence-corrected chi connectivity index (χ4v) is 2.14. The number of rotatable bonds is 5. The van der Waals surface area contributed by atoms with Crippen molar-refractivity contribution in [2.45, 2.75) is 31.9 Å². The van der Waals surface area contributed by atoms with Gasteiger partial charge in [0, 0.05) is 13.0 Å². The first-order valence-electron chi connectivity index (χ1n) is 4.60. The van der Waals surface area contributed by atoms with Crippen LogP contribution in [0.25, 0.3) is 0 Å². The summed E-state index contributed by atoms with van der Waals surface area (Å²) in [5.41, 5.74) is 5.30. The SMILES string of the molecule is CCCC(F)(CN)Cc1ccsc1. The van der Waals surface area contributed by atoms with Gasteiger partial charge >= 0.3 is 0 Å². The zero-order valence-corrected chi connectivity index (χ0v) is 8.74. The van der Waals surface area contributed by atoms with Gasteiger partial charge in [0.2, 0.25) is 0 Å². The third-order valence-electron chi connectivity index (χ3n) is 2.16. The van der Waals surface area contributed by atoms with Gasteiger partial charge in [-0.15, -0.1) is 0 Å². The van der Waals surface area contributed by atoms with E-state index in [2.05, 4.69) is 0 Å². The Morgan fingerprint density at radius 2 is 2.38 bits per heavy atom. The van der Waals surface area contributed by atoms with Gasteiger partial charge in [-0.25, -0.2) is 4.39 Å². The molecule has 0 radical (unpaired) electrons. The number of thiophene rings is 1. The van der Waals surface area contributed by atoms with Crippen LogP contribution in [0.15, 0.2) is 16.8 Å². The monoisotopic (exact) mass is 201 g/mol. The summed E-state index contributed by atoms with van der Waals surface area (Å²) in [6.07, 6.45) is 1.86. The summed E-state index contributed by atoms with van der Waals surface area (Å²) in [4.78, 5) is 0. The molecule has 0 saturated carbocycles. The number of nitrogens with two attached hydrogens (primary N) is 1. The molecule has 1 heterocycles. The molecule has 0 bridgehead atoms. The first-order valence-corrected chi connectivity index (χ1v) is 5.54. The molecule has 0 saturated heterocycles. The van der Waals surface area contributed by atoms with Crippen LogP contribution >= 0.6 is 11.3 Å². The van der Waals surface area contributed by atoms with Crippen molar-refractivity contribution < 1.29 is 4.39 Å². The number of hydrogen-bond acceptors (Lipinski definition) is 2. The Morgan fingerprint density at radius 3 is 2.85 bits per heavy atom. The smallest absolute Gasteiger partial charge is 0.127 e. The summed E-state index contributed by atoms with van der Waals surface area (Å²) < 4.78 is 14.0. The van der Waals surface area contributed by atoms with Crippen molar-refractivity contribution in [2.24, 2.45) is 5.73 Å². The standard InChI is InChI=1S/C10H16FNS/c1-2-4-10(11,8-12)6-9-3-5-13-7-9/h3,5,7H,2,4,6,8,12H2,1H3. The summed E-state index contributed by atoms with van der Waals surface area (Å²) in [5.74, 6) is 0. The van der Waals surface area contributed by atoms with Crippen molar-refractivity contribution in [1.29, 1.82) is 0 Å². The van der Waals surface area contributed by atoms with Crippen molar-refractivity contribution in [3.63, 3.8) is 0 Å². The van der Waals surface area contributed by atoms with Crippen LogP contribution in [-0.4, -0.2) is 12.2 Å². The lowest BCUT2D eigenvalue weighted by Gasteiger charge is -2.22. The van der Waals surface area contributed by atoms with E-state index < -0.39 is 5.67 Å². The second-order valence-electron chi connectivity index (χ2n) is 3.41. The van der Waals surface area contributed by atoms with Crippen LogP contribution in [0.2, 0.25) is 0 Å². The van der Waals surface area contributed by atoms with Gasteiger partial charge in [0.15, 0.2) is 0 Å². The van der Waals surface area contributed by atoms with Crippen molar-refractivity contribution in [1.82, 2.24) is 0 Å². The van der Waals surface area contributed by atoms with Gasteiger partial charge in [-0.3, -0.25) is 0 Å². The van der Waals surface area contributed by atoms with E-state index in [4.69, 9.17) is 5.73 Å². The predicted octanol–water partition coefficient (Wildman–Crippen LogP) is 2.76. The van der Waals surface area contributed by atoms with Gasteiger partial charge in [-0.1, -0.05) is 13.3 Å². The summed E-state index contributed by atoms with van der Waals surface area (Å²) in [7, 11) is 0. The topological polar surface area (TPSA) is 26.0 Å². The molecule has 0 aliphatic carbocycles. The zero-order valence-electron chi connectivity index (χ0n) is 7.92. The second kappa shape index (κ2) is 4.72. The van der Waals surface area contributed by atoms with E-state index in [1.807, 2.05) is 23.8 Å². The van der Waals surface area contributed by atoms with Gasteiger partial charge < -0.3 is 5.73 Å². The van der Waals surface area contributed by atoms with Crippen LogP contribution < -0.4 is 5.73 Å². The largest absolute Gasteiger partial charge is 0.328 e. The lowest BCUT2D eigenvalue weighted by molar-refractivity contribution is 0.158. The Bertz CT molecular complexity index is 235. The first kappa shape index (κ1) is 10.7. The van der Waals surface area contributed by atoms with Gasteiger partial charge in [0.1, 0.15) is 5.67 Å². The average Bonchev–Trinajstić information content (AvgIpc) is 2.57. The fraction of sp³-hybridized carbons (Fsp3) is 0.600. The zero-order chi connectivity index (χ0) is 9.73. The third kappa shape index (κ3) is 3.08. The third-order valence-corrected chi connectivity index (χ3v) is 2.90. The van der Waals surface area contributed by atoms with Crippen molar-refractivity contribution in [3.8, 4) is 0 Å². The van der Waals surface area contributed by atoms with Crippen LogP contribution in [0.4, 0.5) is 4.39 Å². The molecule has 0 aromatic carbocycles. The normalized spacial score (nSPS) is 15.6. The maximum Gasteiger partial charge on any atom is 0.127 e. The Kier molecular flexibility index (Phi) is 3.88. The van der Waals surface area contributed by atoms with Crippen molar-refractivity contribution in [3.05, 3.63) is 22.4 Å². The molecule has 1 unspecified atom stereocenters. The Labute approximate surface area is 82.8 Å². The molecule has 0 aliphatic heterocycles. The Hall–Kier alpha value is -0.410.